The monoisotopic (exact) mass is 359 g/mol. The summed E-state index contributed by atoms with van der Waals surface area (Å²) < 4.78 is 4.92. The molecule has 2 unspecified atom stereocenters. The number of benzene rings is 1. The molecule has 0 bridgehead atoms. The smallest absolute Gasteiger partial charge is 0.321 e. The van der Waals surface area contributed by atoms with Crippen molar-refractivity contribution in [1.29, 1.82) is 5.26 Å². The van der Waals surface area contributed by atoms with Crippen molar-refractivity contribution in [2.75, 3.05) is 6.61 Å². The number of hydrogen-bond acceptors (Lipinski definition) is 3. The van der Waals surface area contributed by atoms with E-state index in [0.29, 0.717) is 12.2 Å². The summed E-state index contributed by atoms with van der Waals surface area (Å²) in [5.74, 6) is -0.307. The lowest BCUT2D eigenvalue weighted by Gasteiger charge is -2.15. The molecule has 0 aliphatic rings. The van der Waals surface area contributed by atoms with Gasteiger partial charge in [-0.1, -0.05) is 44.0 Å². The van der Waals surface area contributed by atoms with E-state index in [4.69, 9.17) is 10.00 Å². The van der Waals surface area contributed by atoms with Gasteiger partial charge in [-0.25, -0.2) is 0 Å². The van der Waals surface area contributed by atoms with E-state index in [-0.39, 0.29) is 10.8 Å². The Morgan fingerprint density at radius 3 is 2.47 bits per heavy atom. The lowest BCUT2D eigenvalue weighted by atomic mass is 10.1. The lowest BCUT2D eigenvalue weighted by Crippen LogP contribution is -2.21. The maximum Gasteiger partial charge on any atom is 0.321 e. The first-order valence-corrected chi connectivity index (χ1v) is 6.88. The third kappa shape index (κ3) is 3.83. The molecule has 3 nitrogen and oxygen atoms in total. The van der Waals surface area contributed by atoms with Crippen LogP contribution in [0.4, 0.5) is 0 Å². The third-order valence-electron chi connectivity index (χ3n) is 2.13. The number of alkyl halides is 2. The highest BCUT2D eigenvalue weighted by Crippen LogP contribution is 2.32. The zero-order valence-corrected chi connectivity index (χ0v) is 12.4. The highest BCUT2D eigenvalue weighted by molar-refractivity contribution is 9.12. The van der Waals surface area contributed by atoms with E-state index in [9.17, 15) is 4.79 Å². The number of rotatable bonds is 4. The van der Waals surface area contributed by atoms with Crippen LogP contribution in [0.1, 0.15) is 22.9 Å². The Morgan fingerprint density at radius 2 is 2.00 bits per heavy atom. The maximum atomic E-state index is 11.5. The summed E-state index contributed by atoms with van der Waals surface area (Å²) in [6.07, 6.45) is 0. The molecule has 2 atom stereocenters. The average Bonchev–Trinajstić information content (AvgIpc) is 2.37. The second-order valence-electron chi connectivity index (χ2n) is 3.29. The van der Waals surface area contributed by atoms with Gasteiger partial charge in [-0.15, -0.1) is 0 Å². The van der Waals surface area contributed by atoms with Crippen molar-refractivity contribution in [3.8, 4) is 6.07 Å². The molecule has 0 radical (unpaired) electrons. The largest absolute Gasteiger partial charge is 0.465 e. The molecule has 5 heteroatoms. The topological polar surface area (TPSA) is 50.1 Å². The Kier molecular flexibility index (Phi) is 5.66. The number of nitriles is 1. The molecule has 1 rings (SSSR count). The number of halogens is 2. The second-order valence-corrected chi connectivity index (χ2v) is 5.26. The van der Waals surface area contributed by atoms with Crippen molar-refractivity contribution in [2.24, 2.45) is 0 Å². The summed E-state index contributed by atoms with van der Waals surface area (Å²) in [5.41, 5.74) is 1.51. The molecule has 0 aromatic heterocycles. The minimum atomic E-state index is -0.449. The molecule has 0 aliphatic carbocycles. The SMILES string of the molecule is CCOC(=O)C(Br)C(Br)c1ccc(C#N)cc1. The average molecular weight is 361 g/mol. The van der Waals surface area contributed by atoms with E-state index >= 15 is 0 Å². The Bertz CT molecular complexity index is 425. The summed E-state index contributed by atoms with van der Waals surface area (Å²) in [4.78, 5) is 10.9. The molecular weight excluding hydrogens is 350 g/mol. The molecule has 1 aromatic carbocycles. The summed E-state index contributed by atoms with van der Waals surface area (Å²) in [6.45, 7) is 2.12. The molecular formula is C12H11Br2NO2. The van der Waals surface area contributed by atoms with Gasteiger partial charge in [-0.3, -0.25) is 4.79 Å². The van der Waals surface area contributed by atoms with Gasteiger partial charge >= 0.3 is 5.97 Å². The first-order chi connectivity index (χ1) is 8.10. The number of nitrogens with zero attached hydrogens (tertiary/aromatic N) is 1. The summed E-state index contributed by atoms with van der Waals surface area (Å²) in [7, 11) is 0. The van der Waals surface area contributed by atoms with E-state index in [0.717, 1.165) is 5.56 Å². The van der Waals surface area contributed by atoms with E-state index < -0.39 is 4.83 Å². The van der Waals surface area contributed by atoms with Crippen molar-refractivity contribution in [3.63, 3.8) is 0 Å². The molecule has 1 aromatic rings. The van der Waals surface area contributed by atoms with Gasteiger partial charge < -0.3 is 4.74 Å². The van der Waals surface area contributed by atoms with Gasteiger partial charge in [-0.2, -0.15) is 5.26 Å². The van der Waals surface area contributed by atoms with Crippen molar-refractivity contribution < 1.29 is 9.53 Å². The highest BCUT2D eigenvalue weighted by Gasteiger charge is 2.26. The van der Waals surface area contributed by atoms with Gasteiger partial charge in [0, 0.05) is 0 Å². The number of esters is 1. The maximum absolute atomic E-state index is 11.5. The van der Waals surface area contributed by atoms with Crippen LogP contribution in [0, 0.1) is 11.3 Å². The highest BCUT2D eigenvalue weighted by atomic mass is 79.9. The van der Waals surface area contributed by atoms with Crippen LogP contribution in [0.5, 0.6) is 0 Å². The van der Waals surface area contributed by atoms with Gasteiger partial charge in [-0.05, 0) is 24.6 Å². The number of carbonyl (C=O) groups excluding carboxylic acids is 1. The normalized spacial score (nSPS) is 13.5. The zero-order valence-electron chi connectivity index (χ0n) is 9.19. The van der Waals surface area contributed by atoms with Crippen LogP contribution in [0.2, 0.25) is 0 Å². The Balaban J connectivity index is 2.78. The predicted octanol–water partition coefficient (Wildman–Crippen LogP) is 3.32. The quantitative estimate of drug-likeness (QED) is 0.611. The first-order valence-electron chi connectivity index (χ1n) is 5.05. The molecule has 90 valence electrons. The molecule has 0 saturated heterocycles. The third-order valence-corrected chi connectivity index (χ3v) is 4.80. The van der Waals surface area contributed by atoms with E-state index in [1.165, 1.54) is 0 Å². The van der Waals surface area contributed by atoms with Gasteiger partial charge in [0.15, 0.2) is 0 Å². The van der Waals surface area contributed by atoms with Crippen LogP contribution < -0.4 is 0 Å². The zero-order chi connectivity index (χ0) is 12.8. The molecule has 0 aliphatic heterocycles. The molecule has 17 heavy (non-hydrogen) atoms. The van der Waals surface area contributed by atoms with Crippen LogP contribution in [0.3, 0.4) is 0 Å². The van der Waals surface area contributed by atoms with Gasteiger partial charge in [0.25, 0.3) is 0 Å². The first kappa shape index (κ1) is 14.2. The number of hydrogen-bond donors (Lipinski definition) is 0. The molecule has 0 amide bonds. The van der Waals surface area contributed by atoms with Gasteiger partial charge in [0.05, 0.1) is 23.1 Å². The Hall–Kier alpha value is -0.860. The van der Waals surface area contributed by atoms with Crippen LogP contribution >= 0.6 is 31.9 Å². The Morgan fingerprint density at radius 1 is 1.41 bits per heavy atom. The van der Waals surface area contributed by atoms with Crippen molar-refractivity contribution in [3.05, 3.63) is 35.4 Å². The van der Waals surface area contributed by atoms with Gasteiger partial charge in [0.2, 0.25) is 0 Å². The van der Waals surface area contributed by atoms with Crippen LogP contribution in [0.25, 0.3) is 0 Å². The fraction of sp³-hybridized carbons (Fsp3) is 0.333. The fourth-order valence-corrected chi connectivity index (χ4v) is 2.21. The Labute approximate surface area is 117 Å². The van der Waals surface area contributed by atoms with E-state index in [1.54, 1.807) is 19.1 Å². The summed E-state index contributed by atoms with van der Waals surface area (Å²) >= 11 is 6.73. The number of carbonyl (C=O) groups is 1. The van der Waals surface area contributed by atoms with Gasteiger partial charge in [0.1, 0.15) is 4.83 Å². The minimum absolute atomic E-state index is 0.186. The van der Waals surface area contributed by atoms with E-state index in [2.05, 4.69) is 31.9 Å². The molecule has 0 fully saturated rings. The van der Waals surface area contributed by atoms with Crippen molar-refractivity contribution in [2.45, 2.75) is 16.6 Å². The molecule has 0 N–H and O–H groups in total. The van der Waals surface area contributed by atoms with Crippen molar-refractivity contribution >= 4 is 37.8 Å². The van der Waals surface area contributed by atoms with Crippen LogP contribution in [0.15, 0.2) is 24.3 Å². The summed E-state index contributed by atoms with van der Waals surface area (Å²) in [5, 5.41) is 8.69. The predicted molar refractivity (Wildman–Crippen MR) is 72.2 cm³/mol. The van der Waals surface area contributed by atoms with E-state index in [1.807, 2.05) is 18.2 Å². The second kappa shape index (κ2) is 6.77. The minimum Gasteiger partial charge on any atom is -0.465 e. The molecule has 0 saturated carbocycles. The van der Waals surface area contributed by atoms with Crippen molar-refractivity contribution in [1.82, 2.24) is 0 Å². The fourth-order valence-electron chi connectivity index (χ4n) is 1.25. The molecule has 0 spiro atoms. The number of ether oxygens (including phenoxy) is 1. The van der Waals surface area contributed by atoms with Crippen LogP contribution in [-0.4, -0.2) is 17.4 Å². The lowest BCUT2D eigenvalue weighted by molar-refractivity contribution is -0.142. The molecule has 0 heterocycles. The standard InChI is InChI=1S/C12H11Br2NO2/c1-2-17-12(16)11(14)10(13)9-5-3-8(7-15)4-6-9/h3-6,10-11H,2H2,1H3. The van der Waals surface area contributed by atoms with Crippen LogP contribution in [-0.2, 0) is 9.53 Å². The summed E-state index contributed by atoms with van der Waals surface area (Å²) in [6, 6.07) is 9.10.